The van der Waals surface area contributed by atoms with Gasteiger partial charge in [-0.15, -0.1) is 0 Å². The zero-order valence-electron chi connectivity index (χ0n) is 14.8. The number of rotatable bonds is 5. The second kappa shape index (κ2) is 8.98. The lowest BCUT2D eigenvalue weighted by molar-refractivity contribution is -0.385. The summed E-state index contributed by atoms with van der Waals surface area (Å²) in [6.07, 6.45) is 0. The molecule has 0 atom stereocenters. The van der Waals surface area contributed by atoms with Crippen molar-refractivity contribution in [3.8, 4) is 11.5 Å². The fourth-order valence-electron chi connectivity index (χ4n) is 2.14. The minimum absolute atomic E-state index is 0.202. The van der Waals surface area contributed by atoms with Gasteiger partial charge in [0.1, 0.15) is 17.1 Å². The maximum Gasteiger partial charge on any atom is 0.328 e. The number of benzene rings is 2. The Morgan fingerprint density at radius 3 is 2.32 bits per heavy atom. The van der Waals surface area contributed by atoms with E-state index in [1.54, 1.807) is 6.07 Å². The number of ether oxygens (including phenoxy) is 2. The molecule has 0 heterocycles. The molecule has 2 aromatic rings. The number of hydrogen-bond acceptors (Lipinski definition) is 7. The van der Waals surface area contributed by atoms with Crippen LogP contribution in [0.2, 0.25) is 0 Å². The number of nitro benzene ring substituents is 1. The summed E-state index contributed by atoms with van der Waals surface area (Å²) in [4.78, 5) is 46.1. The van der Waals surface area contributed by atoms with Crippen LogP contribution in [-0.4, -0.2) is 36.9 Å². The Morgan fingerprint density at radius 1 is 0.964 bits per heavy atom. The first-order valence-electron chi connectivity index (χ1n) is 7.74. The Balaban J connectivity index is 2.01. The fourth-order valence-corrected chi connectivity index (χ4v) is 2.14. The predicted octanol–water partition coefficient (Wildman–Crippen LogP) is 1.01. The summed E-state index contributed by atoms with van der Waals surface area (Å²) in [7, 11) is 2.83. The van der Waals surface area contributed by atoms with E-state index in [4.69, 9.17) is 9.47 Å². The van der Waals surface area contributed by atoms with Crippen molar-refractivity contribution < 1.29 is 28.8 Å². The first-order valence-corrected chi connectivity index (χ1v) is 7.74. The van der Waals surface area contributed by atoms with Gasteiger partial charge in [0.05, 0.1) is 24.8 Å². The minimum Gasteiger partial charge on any atom is -0.497 e. The van der Waals surface area contributed by atoms with Crippen molar-refractivity contribution in [3.05, 3.63) is 58.1 Å². The monoisotopic (exact) mass is 388 g/mol. The molecule has 0 aliphatic rings. The van der Waals surface area contributed by atoms with E-state index in [1.165, 1.54) is 44.6 Å². The molecule has 0 saturated carbocycles. The van der Waals surface area contributed by atoms with E-state index in [9.17, 15) is 24.5 Å². The SMILES string of the molecule is COc1ccc(NC(=O)C(=O)NNC(=O)c2ccccc2[N+](=O)[O-])c(OC)c1. The van der Waals surface area contributed by atoms with Crippen LogP contribution in [0.3, 0.4) is 0 Å². The highest BCUT2D eigenvalue weighted by Gasteiger charge is 2.21. The molecule has 0 saturated heterocycles. The Kier molecular flexibility index (Phi) is 6.47. The van der Waals surface area contributed by atoms with Crippen molar-refractivity contribution in [1.82, 2.24) is 10.9 Å². The minimum atomic E-state index is -1.19. The quantitative estimate of drug-likeness (QED) is 0.393. The zero-order chi connectivity index (χ0) is 20.7. The summed E-state index contributed by atoms with van der Waals surface area (Å²) in [6.45, 7) is 0. The van der Waals surface area contributed by atoms with Crippen molar-refractivity contribution in [2.45, 2.75) is 0 Å². The molecule has 3 amide bonds. The van der Waals surface area contributed by atoms with Crippen molar-refractivity contribution in [2.75, 3.05) is 19.5 Å². The van der Waals surface area contributed by atoms with E-state index >= 15 is 0 Å². The highest BCUT2D eigenvalue weighted by atomic mass is 16.6. The number of methoxy groups -OCH3 is 2. The standard InChI is InChI=1S/C17H16N4O7/c1-27-10-7-8-12(14(9-10)28-2)18-16(23)17(24)20-19-15(22)11-5-3-4-6-13(11)21(25)26/h3-9H,1-2H3,(H,18,23)(H,19,22)(H,20,24). The molecular formula is C17H16N4O7. The Labute approximate surface area is 158 Å². The molecule has 28 heavy (non-hydrogen) atoms. The Bertz CT molecular complexity index is 929. The topological polar surface area (TPSA) is 149 Å². The predicted molar refractivity (Wildman–Crippen MR) is 96.9 cm³/mol. The third-order valence-electron chi connectivity index (χ3n) is 3.50. The van der Waals surface area contributed by atoms with E-state index in [0.29, 0.717) is 5.75 Å². The van der Waals surface area contributed by atoms with Crippen LogP contribution in [0.1, 0.15) is 10.4 Å². The van der Waals surface area contributed by atoms with E-state index in [-0.39, 0.29) is 17.0 Å². The van der Waals surface area contributed by atoms with Gasteiger partial charge in [-0.25, -0.2) is 0 Å². The average molecular weight is 388 g/mol. The summed E-state index contributed by atoms with van der Waals surface area (Å²) in [5.74, 6) is -2.49. The van der Waals surface area contributed by atoms with Gasteiger partial charge in [0.2, 0.25) is 0 Å². The molecule has 0 unspecified atom stereocenters. The first-order chi connectivity index (χ1) is 13.4. The maximum absolute atomic E-state index is 12.0. The average Bonchev–Trinajstić information content (AvgIpc) is 2.71. The van der Waals surface area contributed by atoms with Gasteiger partial charge in [-0.2, -0.15) is 0 Å². The Morgan fingerprint density at radius 2 is 1.68 bits per heavy atom. The van der Waals surface area contributed by atoms with E-state index in [1.807, 2.05) is 10.9 Å². The van der Waals surface area contributed by atoms with Crippen LogP contribution in [-0.2, 0) is 9.59 Å². The largest absolute Gasteiger partial charge is 0.497 e. The molecule has 2 aromatic carbocycles. The number of anilines is 1. The number of carbonyl (C=O) groups excluding carboxylic acids is 3. The normalized spacial score (nSPS) is 9.79. The molecule has 11 nitrogen and oxygen atoms in total. The van der Waals surface area contributed by atoms with Crippen LogP contribution in [0.4, 0.5) is 11.4 Å². The lowest BCUT2D eigenvalue weighted by Crippen LogP contribution is -2.46. The Hall–Kier alpha value is -4.15. The molecule has 0 aliphatic carbocycles. The molecule has 146 valence electrons. The number of hydrazine groups is 1. The molecular weight excluding hydrogens is 372 g/mol. The lowest BCUT2D eigenvalue weighted by Gasteiger charge is -2.12. The number of nitro groups is 1. The number of amides is 3. The van der Waals surface area contributed by atoms with Crippen molar-refractivity contribution in [1.29, 1.82) is 0 Å². The zero-order valence-corrected chi connectivity index (χ0v) is 14.8. The number of nitrogens with zero attached hydrogens (tertiary/aromatic N) is 1. The molecule has 3 N–H and O–H groups in total. The van der Waals surface area contributed by atoms with Gasteiger partial charge < -0.3 is 14.8 Å². The number of nitrogens with one attached hydrogen (secondary N) is 3. The smallest absolute Gasteiger partial charge is 0.328 e. The van der Waals surface area contributed by atoms with Crippen molar-refractivity contribution >= 4 is 29.1 Å². The molecule has 11 heteroatoms. The van der Waals surface area contributed by atoms with E-state index in [2.05, 4.69) is 5.32 Å². The molecule has 0 spiro atoms. The third-order valence-corrected chi connectivity index (χ3v) is 3.50. The molecule has 2 rings (SSSR count). The van der Waals surface area contributed by atoms with Gasteiger partial charge in [-0.05, 0) is 18.2 Å². The summed E-state index contributed by atoms with van der Waals surface area (Å²) in [5.41, 5.74) is 3.33. The molecule has 0 fully saturated rings. The number of para-hydroxylation sites is 1. The van der Waals surface area contributed by atoms with Gasteiger partial charge in [0.15, 0.2) is 0 Å². The molecule has 0 bridgehead atoms. The highest BCUT2D eigenvalue weighted by Crippen LogP contribution is 2.28. The highest BCUT2D eigenvalue weighted by molar-refractivity contribution is 6.39. The second-order valence-electron chi connectivity index (χ2n) is 5.20. The van der Waals surface area contributed by atoms with Gasteiger partial charge in [-0.1, -0.05) is 12.1 Å². The lowest BCUT2D eigenvalue weighted by atomic mass is 10.2. The van der Waals surface area contributed by atoms with Crippen LogP contribution < -0.4 is 25.6 Å². The third kappa shape index (κ3) is 4.72. The number of carbonyl (C=O) groups is 3. The van der Waals surface area contributed by atoms with Gasteiger partial charge >= 0.3 is 11.8 Å². The maximum atomic E-state index is 12.0. The van der Waals surface area contributed by atoms with Crippen molar-refractivity contribution in [3.63, 3.8) is 0 Å². The molecule has 0 radical (unpaired) electrons. The van der Waals surface area contributed by atoms with E-state index in [0.717, 1.165) is 6.07 Å². The summed E-state index contributed by atoms with van der Waals surface area (Å²) in [5, 5.41) is 13.2. The van der Waals surface area contributed by atoms with Crippen LogP contribution in [0.25, 0.3) is 0 Å². The molecule has 0 aromatic heterocycles. The van der Waals surface area contributed by atoms with Gasteiger partial charge in [-0.3, -0.25) is 35.3 Å². The van der Waals surface area contributed by atoms with Crippen molar-refractivity contribution in [2.24, 2.45) is 0 Å². The first kappa shape index (κ1) is 20.2. The molecule has 0 aliphatic heterocycles. The second-order valence-corrected chi connectivity index (χ2v) is 5.20. The summed E-state index contributed by atoms with van der Waals surface area (Å²) < 4.78 is 10.1. The van der Waals surface area contributed by atoms with Crippen LogP contribution in [0, 0.1) is 10.1 Å². The van der Waals surface area contributed by atoms with Gasteiger partial charge in [0, 0.05) is 12.1 Å². The van der Waals surface area contributed by atoms with E-state index < -0.39 is 28.3 Å². The summed E-state index contributed by atoms with van der Waals surface area (Å²) >= 11 is 0. The van der Waals surface area contributed by atoms with Crippen LogP contribution in [0.5, 0.6) is 11.5 Å². The van der Waals surface area contributed by atoms with Crippen LogP contribution >= 0.6 is 0 Å². The fraction of sp³-hybridized carbons (Fsp3) is 0.118. The number of hydrogen-bond donors (Lipinski definition) is 3. The van der Waals surface area contributed by atoms with Gasteiger partial charge in [0.25, 0.3) is 11.6 Å². The summed E-state index contributed by atoms with van der Waals surface area (Å²) in [6, 6.07) is 9.68. The van der Waals surface area contributed by atoms with Crippen LogP contribution in [0.15, 0.2) is 42.5 Å².